The summed E-state index contributed by atoms with van der Waals surface area (Å²) < 4.78 is 41.5. The number of aryl methyl sites for hydroxylation is 2. The van der Waals surface area contributed by atoms with Crippen molar-refractivity contribution in [3.8, 4) is 0 Å². The molecule has 2 aromatic rings. The molecule has 0 aliphatic carbocycles. The molecule has 1 aliphatic heterocycles. The fraction of sp³-hybridized carbons (Fsp3) is 0.562. The van der Waals surface area contributed by atoms with Gasteiger partial charge in [-0.3, -0.25) is 4.79 Å². The molecule has 0 aromatic carbocycles. The van der Waals surface area contributed by atoms with Gasteiger partial charge in [-0.1, -0.05) is 0 Å². The largest absolute Gasteiger partial charge is 0.434 e. The molecule has 136 valence electrons. The van der Waals surface area contributed by atoms with Crippen LogP contribution in [0.3, 0.4) is 0 Å². The summed E-state index contributed by atoms with van der Waals surface area (Å²) in [4.78, 5) is 21.9. The van der Waals surface area contributed by atoms with E-state index in [9.17, 15) is 18.0 Å². The van der Waals surface area contributed by atoms with Crippen LogP contribution in [0.4, 0.5) is 19.0 Å². The average Bonchev–Trinajstić information content (AvgIpc) is 2.98. The zero-order valence-electron chi connectivity index (χ0n) is 14.1. The summed E-state index contributed by atoms with van der Waals surface area (Å²) in [7, 11) is 1.79. The average molecular weight is 355 g/mol. The molecule has 0 spiro atoms. The Morgan fingerprint density at radius 1 is 1.40 bits per heavy atom. The third-order valence-electron chi connectivity index (χ3n) is 4.51. The van der Waals surface area contributed by atoms with Crippen LogP contribution in [0.25, 0.3) is 0 Å². The molecule has 1 aliphatic rings. The molecule has 0 amide bonds. The number of hydrogen-bond donors (Lipinski definition) is 0. The Morgan fingerprint density at radius 2 is 2.16 bits per heavy atom. The lowest BCUT2D eigenvalue weighted by Gasteiger charge is -2.28. The maximum Gasteiger partial charge on any atom is 0.434 e. The Balaban J connectivity index is 1.73. The molecule has 0 saturated carbocycles. The van der Waals surface area contributed by atoms with Gasteiger partial charge in [-0.2, -0.15) is 13.2 Å². The topological polar surface area (TPSA) is 56.0 Å². The standard InChI is InChI=1S/C16H20F3N5O/c1-3-23-7-6-20-14(15(23)25)22(2)8-11-4-5-13-21-12(16(17,18)19)10-24(13)9-11/h6-7,10-11H,3-5,8-9H2,1-2H3/t11-/m1/s1. The van der Waals surface area contributed by atoms with E-state index in [0.717, 1.165) is 12.6 Å². The quantitative estimate of drug-likeness (QED) is 0.844. The van der Waals surface area contributed by atoms with E-state index in [1.807, 2.05) is 6.92 Å². The maximum atomic E-state index is 12.8. The summed E-state index contributed by atoms with van der Waals surface area (Å²) in [5.74, 6) is 0.957. The molecule has 0 bridgehead atoms. The normalized spacial score (nSPS) is 17.4. The smallest absolute Gasteiger partial charge is 0.355 e. The van der Waals surface area contributed by atoms with Crippen LogP contribution in [0.1, 0.15) is 24.9 Å². The van der Waals surface area contributed by atoms with Crippen LogP contribution in [0.15, 0.2) is 23.4 Å². The minimum atomic E-state index is -4.42. The number of aromatic nitrogens is 4. The van der Waals surface area contributed by atoms with E-state index >= 15 is 0 Å². The molecule has 0 unspecified atom stereocenters. The van der Waals surface area contributed by atoms with Crippen LogP contribution >= 0.6 is 0 Å². The van der Waals surface area contributed by atoms with Gasteiger partial charge in [-0.05, 0) is 19.3 Å². The Labute approximate surface area is 142 Å². The van der Waals surface area contributed by atoms with E-state index in [1.54, 1.807) is 33.5 Å². The van der Waals surface area contributed by atoms with Gasteiger partial charge in [0.25, 0.3) is 5.56 Å². The molecule has 0 N–H and O–H groups in total. The van der Waals surface area contributed by atoms with Gasteiger partial charge in [0.1, 0.15) is 5.82 Å². The minimum Gasteiger partial charge on any atom is -0.355 e. The fourth-order valence-electron chi connectivity index (χ4n) is 3.22. The highest BCUT2D eigenvalue weighted by Crippen LogP contribution is 2.30. The molecule has 25 heavy (non-hydrogen) atoms. The summed E-state index contributed by atoms with van der Waals surface area (Å²) in [6.07, 6.45) is 1.10. The molecular weight excluding hydrogens is 335 g/mol. The number of anilines is 1. The number of alkyl halides is 3. The first-order valence-corrected chi connectivity index (χ1v) is 8.19. The van der Waals surface area contributed by atoms with Crippen molar-refractivity contribution in [3.63, 3.8) is 0 Å². The van der Waals surface area contributed by atoms with Crippen LogP contribution in [0.5, 0.6) is 0 Å². The summed E-state index contributed by atoms with van der Waals surface area (Å²) in [6.45, 7) is 3.45. The molecule has 3 rings (SSSR count). The molecular formula is C16H20F3N5O. The third-order valence-corrected chi connectivity index (χ3v) is 4.51. The lowest BCUT2D eigenvalue weighted by Crippen LogP contribution is -2.36. The molecule has 9 heteroatoms. The van der Waals surface area contributed by atoms with Crippen molar-refractivity contribution in [3.05, 3.63) is 40.5 Å². The van der Waals surface area contributed by atoms with Gasteiger partial charge in [0.15, 0.2) is 11.5 Å². The molecule has 0 saturated heterocycles. The molecule has 2 aromatic heterocycles. The van der Waals surface area contributed by atoms with Crippen LogP contribution in [-0.4, -0.2) is 32.7 Å². The second-order valence-corrected chi connectivity index (χ2v) is 6.32. The van der Waals surface area contributed by atoms with Crippen molar-refractivity contribution in [2.75, 3.05) is 18.5 Å². The van der Waals surface area contributed by atoms with Gasteiger partial charge < -0.3 is 14.0 Å². The summed E-state index contributed by atoms with van der Waals surface area (Å²) in [5.41, 5.74) is -1.00. The van der Waals surface area contributed by atoms with E-state index in [0.29, 0.717) is 37.7 Å². The van der Waals surface area contributed by atoms with Crippen LogP contribution in [-0.2, 0) is 25.7 Å². The first kappa shape index (κ1) is 17.5. The van der Waals surface area contributed by atoms with E-state index in [4.69, 9.17) is 0 Å². The molecule has 1 atom stereocenters. The van der Waals surface area contributed by atoms with Gasteiger partial charge in [0, 0.05) is 51.7 Å². The Bertz CT molecular complexity index is 811. The number of nitrogens with zero attached hydrogens (tertiary/aromatic N) is 5. The third kappa shape index (κ3) is 3.54. The first-order chi connectivity index (χ1) is 11.8. The molecule has 6 nitrogen and oxygen atoms in total. The highest BCUT2D eigenvalue weighted by atomic mass is 19.4. The monoisotopic (exact) mass is 355 g/mol. The van der Waals surface area contributed by atoms with Gasteiger partial charge >= 0.3 is 6.18 Å². The van der Waals surface area contributed by atoms with Crippen molar-refractivity contribution in [1.82, 2.24) is 19.1 Å². The highest BCUT2D eigenvalue weighted by Gasteiger charge is 2.35. The van der Waals surface area contributed by atoms with Crippen LogP contribution in [0, 0.1) is 5.92 Å². The number of hydrogen-bond acceptors (Lipinski definition) is 4. The van der Waals surface area contributed by atoms with E-state index in [-0.39, 0.29) is 11.5 Å². The molecule has 0 radical (unpaired) electrons. The van der Waals surface area contributed by atoms with E-state index < -0.39 is 11.9 Å². The highest BCUT2D eigenvalue weighted by molar-refractivity contribution is 5.34. The van der Waals surface area contributed by atoms with Crippen LogP contribution < -0.4 is 10.5 Å². The van der Waals surface area contributed by atoms with Gasteiger partial charge in [0.05, 0.1) is 0 Å². The SMILES string of the molecule is CCn1ccnc(N(C)C[C@H]2CCc3nc(C(F)(F)F)cn3C2)c1=O. The number of halogens is 3. The summed E-state index contributed by atoms with van der Waals surface area (Å²) in [6, 6.07) is 0. The van der Waals surface area contributed by atoms with Crippen molar-refractivity contribution < 1.29 is 13.2 Å². The van der Waals surface area contributed by atoms with Crippen molar-refractivity contribution in [1.29, 1.82) is 0 Å². The zero-order chi connectivity index (χ0) is 18.2. The lowest BCUT2D eigenvalue weighted by molar-refractivity contribution is -0.141. The zero-order valence-corrected chi connectivity index (χ0v) is 14.1. The maximum absolute atomic E-state index is 12.8. The van der Waals surface area contributed by atoms with Gasteiger partial charge in [-0.15, -0.1) is 0 Å². The van der Waals surface area contributed by atoms with Gasteiger partial charge in [0.2, 0.25) is 0 Å². The van der Waals surface area contributed by atoms with Crippen molar-refractivity contribution >= 4 is 5.82 Å². The number of imidazole rings is 1. The molecule has 3 heterocycles. The van der Waals surface area contributed by atoms with Crippen molar-refractivity contribution in [2.45, 2.75) is 39.0 Å². The summed E-state index contributed by atoms with van der Waals surface area (Å²) in [5, 5.41) is 0. The minimum absolute atomic E-state index is 0.129. The predicted octanol–water partition coefficient (Wildman–Crippen LogP) is 2.18. The summed E-state index contributed by atoms with van der Waals surface area (Å²) >= 11 is 0. The van der Waals surface area contributed by atoms with E-state index in [2.05, 4.69) is 9.97 Å². The Kier molecular flexibility index (Phi) is 4.57. The predicted molar refractivity (Wildman–Crippen MR) is 86.5 cm³/mol. The van der Waals surface area contributed by atoms with Gasteiger partial charge in [-0.25, -0.2) is 9.97 Å². The lowest BCUT2D eigenvalue weighted by atomic mass is 9.99. The van der Waals surface area contributed by atoms with Crippen LogP contribution in [0.2, 0.25) is 0 Å². The molecule has 0 fully saturated rings. The Hall–Kier alpha value is -2.32. The van der Waals surface area contributed by atoms with E-state index in [1.165, 1.54) is 0 Å². The number of fused-ring (bicyclic) bond motifs is 1. The van der Waals surface area contributed by atoms with Crippen molar-refractivity contribution in [2.24, 2.45) is 5.92 Å². The number of rotatable bonds is 4. The first-order valence-electron chi connectivity index (χ1n) is 8.19. The second-order valence-electron chi connectivity index (χ2n) is 6.32. The Morgan fingerprint density at radius 3 is 2.84 bits per heavy atom. The fourth-order valence-corrected chi connectivity index (χ4v) is 3.22. The second kappa shape index (κ2) is 6.53.